The molecule has 6 nitrogen and oxygen atoms in total. The lowest BCUT2D eigenvalue weighted by Crippen LogP contribution is -2.25. The summed E-state index contributed by atoms with van der Waals surface area (Å²) in [4.78, 5) is 0.0783. The molecule has 7 heteroatoms. The minimum absolute atomic E-state index is 0.0783. The van der Waals surface area contributed by atoms with Gasteiger partial charge in [-0.05, 0) is 31.5 Å². The molecule has 0 spiro atoms. The van der Waals surface area contributed by atoms with Crippen molar-refractivity contribution in [1.29, 1.82) is 5.41 Å². The van der Waals surface area contributed by atoms with E-state index in [0.717, 1.165) is 0 Å². The number of rotatable bonds is 7. The van der Waals surface area contributed by atoms with Crippen LogP contribution in [0.1, 0.15) is 25.8 Å². The van der Waals surface area contributed by atoms with E-state index >= 15 is 0 Å². The Morgan fingerprint density at radius 3 is 2.63 bits per heavy atom. The van der Waals surface area contributed by atoms with Crippen molar-refractivity contribution in [3.05, 3.63) is 23.8 Å². The van der Waals surface area contributed by atoms with Crippen LogP contribution in [-0.2, 0) is 10.0 Å². The number of nitrogen functional groups attached to an aromatic ring is 1. The second-order valence-electron chi connectivity index (χ2n) is 3.90. The smallest absolute Gasteiger partial charge is 0.240 e. The molecule has 19 heavy (non-hydrogen) atoms. The van der Waals surface area contributed by atoms with E-state index in [4.69, 9.17) is 15.9 Å². The Morgan fingerprint density at radius 2 is 2.11 bits per heavy atom. The molecule has 0 amide bonds. The van der Waals surface area contributed by atoms with E-state index in [1.807, 2.05) is 6.92 Å². The molecule has 0 radical (unpaired) electrons. The van der Waals surface area contributed by atoms with E-state index in [1.54, 1.807) is 6.92 Å². The zero-order chi connectivity index (χ0) is 14.5. The maximum atomic E-state index is 12.0. The molecule has 0 aliphatic rings. The Labute approximate surface area is 113 Å². The van der Waals surface area contributed by atoms with E-state index in [2.05, 4.69) is 4.72 Å². The highest BCUT2D eigenvalue weighted by Gasteiger charge is 2.17. The van der Waals surface area contributed by atoms with Crippen molar-refractivity contribution in [2.24, 2.45) is 5.73 Å². The van der Waals surface area contributed by atoms with Gasteiger partial charge in [-0.1, -0.05) is 6.92 Å². The van der Waals surface area contributed by atoms with Gasteiger partial charge in [-0.25, -0.2) is 13.1 Å². The number of hydrogen-bond acceptors (Lipinski definition) is 4. The quantitative estimate of drug-likeness (QED) is 0.514. The van der Waals surface area contributed by atoms with E-state index in [9.17, 15) is 8.42 Å². The minimum atomic E-state index is -3.57. The molecule has 0 heterocycles. The van der Waals surface area contributed by atoms with Crippen LogP contribution in [0.4, 0.5) is 0 Å². The van der Waals surface area contributed by atoms with Gasteiger partial charge in [0.1, 0.15) is 11.6 Å². The van der Waals surface area contributed by atoms with Crippen molar-refractivity contribution in [2.75, 3.05) is 13.2 Å². The summed E-state index contributed by atoms with van der Waals surface area (Å²) in [5, 5.41) is 7.48. The maximum Gasteiger partial charge on any atom is 0.240 e. The molecule has 1 rings (SSSR count). The topological polar surface area (TPSA) is 105 Å². The third-order valence-corrected chi connectivity index (χ3v) is 3.85. The van der Waals surface area contributed by atoms with Crippen LogP contribution in [0.25, 0.3) is 0 Å². The number of benzene rings is 1. The molecule has 4 N–H and O–H groups in total. The van der Waals surface area contributed by atoms with Crippen molar-refractivity contribution >= 4 is 15.9 Å². The van der Waals surface area contributed by atoms with Gasteiger partial charge < -0.3 is 10.5 Å². The first-order chi connectivity index (χ1) is 8.92. The van der Waals surface area contributed by atoms with Gasteiger partial charge in [-0.3, -0.25) is 5.41 Å². The summed E-state index contributed by atoms with van der Waals surface area (Å²) >= 11 is 0. The molecule has 0 aliphatic carbocycles. The number of amidine groups is 1. The average Bonchev–Trinajstić information content (AvgIpc) is 2.37. The Hall–Kier alpha value is -1.60. The van der Waals surface area contributed by atoms with Crippen molar-refractivity contribution < 1.29 is 13.2 Å². The van der Waals surface area contributed by atoms with Gasteiger partial charge in [0.25, 0.3) is 0 Å². The third kappa shape index (κ3) is 3.93. The molecular weight excluding hydrogens is 266 g/mol. The van der Waals surface area contributed by atoms with Gasteiger partial charge in [0.2, 0.25) is 10.0 Å². The Kier molecular flexibility index (Phi) is 5.31. The number of hydrogen-bond donors (Lipinski definition) is 3. The minimum Gasteiger partial charge on any atom is -0.493 e. The molecule has 0 saturated carbocycles. The Balaban J connectivity index is 3.18. The fourth-order valence-electron chi connectivity index (χ4n) is 1.49. The SMILES string of the molecule is CCCNS(=O)(=O)c1ccc(OCC)c(C(=N)N)c1. The lowest BCUT2D eigenvalue weighted by molar-refractivity contribution is 0.339. The van der Waals surface area contributed by atoms with Crippen molar-refractivity contribution in [2.45, 2.75) is 25.2 Å². The molecule has 106 valence electrons. The van der Waals surface area contributed by atoms with Crippen LogP contribution in [0.2, 0.25) is 0 Å². The second kappa shape index (κ2) is 6.53. The highest BCUT2D eigenvalue weighted by atomic mass is 32.2. The van der Waals surface area contributed by atoms with E-state index in [1.165, 1.54) is 18.2 Å². The fraction of sp³-hybridized carbons (Fsp3) is 0.417. The molecule has 1 aromatic rings. The summed E-state index contributed by atoms with van der Waals surface area (Å²) in [7, 11) is -3.57. The van der Waals surface area contributed by atoms with Crippen LogP contribution in [-0.4, -0.2) is 27.4 Å². The standard InChI is InChI=1S/C12H19N3O3S/c1-3-7-15-19(16,17)9-5-6-11(18-4-2)10(8-9)12(13)14/h5-6,8,15H,3-4,7H2,1-2H3,(H3,13,14). The highest BCUT2D eigenvalue weighted by Crippen LogP contribution is 2.22. The monoisotopic (exact) mass is 285 g/mol. The van der Waals surface area contributed by atoms with Crippen LogP contribution in [0, 0.1) is 5.41 Å². The van der Waals surface area contributed by atoms with Gasteiger partial charge >= 0.3 is 0 Å². The van der Waals surface area contributed by atoms with Crippen LogP contribution in [0.3, 0.4) is 0 Å². The van der Waals surface area contributed by atoms with Crippen LogP contribution < -0.4 is 15.2 Å². The van der Waals surface area contributed by atoms with Crippen molar-refractivity contribution in [3.63, 3.8) is 0 Å². The predicted octanol–water partition coefficient (Wildman–Crippen LogP) is 1.06. The zero-order valence-electron chi connectivity index (χ0n) is 11.1. The first kappa shape index (κ1) is 15.5. The van der Waals surface area contributed by atoms with Gasteiger partial charge in [-0.15, -0.1) is 0 Å². The molecule has 0 bridgehead atoms. The Morgan fingerprint density at radius 1 is 1.42 bits per heavy atom. The third-order valence-electron chi connectivity index (χ3n) is 2.39. The molecule has 0 unspecified atom stereocenters. The summed E-state index contributed by atoms with van der Waals surface area (Å²) in [6.45, 7) is 4.46. The second-order valence-corrected chi connectivity index (χ2v) is 5.67. The normalized spacial score (nSPS) is 11.3. The Bertz CT molecular complexity index is 555. The van der Waals surface area contributed by atoms with Gasteiger partial charge in [0, 0.05) is 6.54 Å². The van der Waals surface area contributed by atoms with E-state index < -0.39 is 10.0 Å². The van der Waals surface area contributed by atoms with Crippen LogP contribution in [0.5, 0.6) is 5.75 Å². The summed E-state index contributed by atoms with van der Waals surface area (Å²) in [5.41, 5.74) is 5.72. The fourth-order valence-corrected chi connectivity index (χ4v) is 2.65. The lowest BCUT2D eigenvalue weighted by atomic mass is 10.2. The molecule has 0 saturated heterocycles. The number of ether oxygens (including phenoxy) is 1. The van der Waals surface area contributed by atoms with E-state index in [0.29, 0.717) is 25.3 Å². The van der Waals surface area contributed by atoms with E-state index in [-0.39, 0.29) is 16.3 Å². The lowest BCUT2D eigenvalue weighted by Gasteiger charge is -2.11. The van der Waals surface area contributed by atoms with Crippen molar-refractivity contribution in [3.8, 4) is 5.75 Å². The zero-order valence-corrected chi connectivity index (χ0v) is 11.9. The average molecular weight is 285 g/mol. The van der Waals surface area contributed by atoms with Gasteiger partial charge in [0.15, 0.2) is 0 Å². The summed E-state index contributed by atoms with van der Waals surface area (Å²) in [5.74, 6) is 0.181. The first-order valence-corrected chi connectivity index (χ1v) is 7.51. The highest BCUT2D eigenvalue weighted by molar-refractivity contribution is 7.89. The molecule has 1 aromatic carbocycles. The first-order valence-electron chi connectivity index (χ1n) is 6.03. The number of nitrogens with one attached hydrogen (secondary N) is 2. The maximum absolute atomic E-state index is 12.0. The summed E-state index contributed by atoms with van der Waals surface area (Å²) < 4.78 is 31.7. The molecule has 0 atom stereocenters. The number of sulfonamides is 1. The van der Waals surface area contributed by atoms with Crippen LogP contribution >= 0.6 is 0 Å². The molecule has 0 aliphatic heterocycles. The van der Waals surface area contributed by atoms with Gasteiger partial charge in [0.05, 0.1) is 17.1 Å². The summed E-state index contributed by atoms with van der Waals surface area (Å²) in [6.07, 6.45) is 0.704. The molecule has 0 aromatic heterocycles. The largest absolute Gasteiger partial charge is 0.493 e. The molecular formula is C12H19N3O3S. The van der Waals surface area contributed by atoms with Crippen molar-refractivity contribution in [1.82, 2.24) is 4.72 Å². The number of nitrogens with two attached hydrogens (primary N) is 1. The van der Waals surface area contributed by atoms with Gasteiger partial charge in [-0.2, -0.15) is 0 Å². The van der Waals surface area contributed by atoms with Crippen LogP contribution in [0.15, 0.2) is 23.1 Å². The molecule has 0 fully saturated rings. The predicted molar refractivity (Wildman–Crippen MR) is 74.1 cm³/mol. The summed E-state index contributed by atoms with van der Waals surface area (Å²) in [6, 6.07) is 4.31.